The van der Waals surface area contributed by atoms with Gasteiger partial charge in [-0.25, -0.2) is 4.98 Å². The number of carbonyl (C=O) groups is 1. The largest absolute Gasteiger partial charge is 0.369 e. The van der Waals surface area contributed by atoms with Crippen LogP contribution in [-0.2, 0) is 11.3 Å². The quantitative estimate of drug-likeness (QED) is 0.888. The van der Waals surface area contributed by atoms with Crippen molar-refractivity contribution in [3.8, 4) is 10.6 Å². The van der Waals surface area contributed by atoms with Crippen LogP contribution in [0, 0.1) is 5.92 Å². The van der Waals surface area contributed by atoms with E-state index < -0.39 is 0 Å². The van der Waals surface area contributed by atoms with Gasteiger partial charge in [0.25, 0.3) is 0 Å². The number of hydrogen-bond acceptors (Lipinski definition) is 3. The van der Waals surface area contributed by atoms with Gasteiger partial charge >= 0.3 is 0 Å². The highest BCUT2D eigenvalue weighted by Gasteiger charge is 2.26. The summed E-state index contributed by atoms with van der Waals surface area (Å²) in [4.78, 5) is 17.4. The van der Waals surface area contributed by atoms with Crippen LogP contribution in [0.25, 0.3) is 10.6 Å². The molecule has 0 unspecified atom stereocenters. The third-order valence-corrected chi connectivity index (χ3v) is 5.04. The summed E-state index contributed by atoms with van der Waals surface area (Å²) in [6, 6.07) is 10.3. The summed E-state index contributed by atoms with van der Waals surface area (Å²) >= 11 is 1.70. The van der Waals surface area contributed by atoms with Crippen molar-refractivity contribution in [3.63, 3.8) is 0 Å². The van der Waals surface area contributed by atoms with E-state index in [1.165, 1.54) is 10.5 Å². The molecule has 1 aromatic heterocycles. The summed E-state index contributed by atoms with van der Waals surface area (Å²) in [5.74, 6) is -0.0712. The van der Waals surface area contributed by atoms with E-state index in [4.69, 9.17) is 10.7 Å². The number of nitrogens with two attached hydrogens (primary N) is 1. The van der Waals surface area contributed by atoms with Crippen LogP contribution < -0.4 is 10.6 Å². The second-order valence-corrected chi connectivity index (χ2v) is 6.47. The Kier molecular flexibility index (Phi) is 4.31. The first kappa shape index (κ1) is 14.2. The highest BCUT2D eigenvalue weighted by molar-refractivity contribution is 7.13. The second kappa shape index (κ2) is 6.37. The Morgan fingerprint density at radius 2 is 2.00 bits per heavy atom. The molecule has 0 radical (unpaired) electrons. The van der Waals surface area contributed by atoms with Crippen molar-refractivity contribution in [2.75, 3.05) is 13.1 Å². The molecular formula is C16H20N3OS+. The van der Waals surface area contributed by atoms with Crippen LogP contribution in [0.2, 0.25) is 0 Å². The summed E-state index contributed by atoms with van der Waals surface area (Å²) in [6.07, 6.45) is 1.81. The van der Waals surface area contributed by atoms with E-state index in [-0.39, 0.29) is 11.8 Å². The number of nitrogens with one attached hydrogen (secondary N) is 1. The molecule has 110 valence electrons. The number of primary amides is 1. The number of hydrogen-bond donors (Lipinski definition) is 2. The summed E-state index contributed by atoms with van der Waals surface area (Å²) < 4.78 is 0. The lowest BCUT2D eigenvalue weighted by Crippen LogP contribution is -3.11. The molecule has 4 nitrogen and oxygen atoms in total. The van der Waals surface area contributed by atoms with Crippen LogP contribution in [0.5, 0.6) is 0 Å². The van der Waals surface area contributed by atoms with Gasteiger partial charge in [-0.15, -0.1) is 11.3 Å². The van der Waals surface area contributed by atoms with Gasteiger partial charge in [-0.3, -0.25) is 4.79 Å². The summed E-state index contributed by atoms with van der Waals surface area (Å²) in [5, 5.41) is 3.23. The molecule has 3 rings (SSSR count). The number of benzene rings is 1. The van der Waals surface area contributed by atoms with Crippen molar-refractivity contribution < 1.29 is 9.69 Å². The molecule has 0 spiro atoms. The Bertz CT molecular complexity index is 603. The van der Waals surface area contributed by atoms with E-state index in [0.717, 1.165) is 43.2 Å². The molecule has 5 heteroatoms. The van der Waals surface area contributed by atoms with Crippen molar-refractivity contribution >= 4 is 17.2 Å². The van der Waals surface area contributed by atoms with Crippen molar-refractivity contribution in [1.29, 1.82) is 0 Å². The van der Waals surface area contributed by atoms with E-state index >= 15 is 0 Å². The second-order valence-electron chi connectivity index (χ2n) is 5.61. The molecule has 3 N–H and O–H groups in total. The maximum Gasteiger partial charge on any atom is 0.220 e. The minimum Gasteiger partial charge on any atom is -0.369 e. The molecule has 0 bridgehead atoms. The lowest BCUT2D eigenvalue weighted by Gasteiger charge is -2.27. The topological polar surface area (TPSA) is 60.4 Å². The van der Waals surface area contributed by atoms with Crippen LogP contribution in [0.3, 0.4) is 0 Å². The number of thiazole rings is 1. The van der Waals surface area contributed by atoms with E-state index in [9.17, 15) is 4.79 Å². The normalized spacial score (nSPS) is 22.1. The summed E-state index contributed by atoms with van der Waals surface area (Å²) in [5.41, 5.74) is 7.70. The first-order chi connectivity index (χ1) is 10.2. The molecule has 1 amide bonds. The van der Waals surface area contributed by atoms with Crippen LogP contribution in [0.15, 0.2) is 35.7 Å². The Morgan fingerprint density at radius 1 is 1.29 bits per heavy atom. The van der Waals surface area contributed by atoms with Crippen molar-refractivity contribution in [2.24, 2.45) is 11.7 Å². The van der Waals surface area contributed by atoms with Crippen LogP contribution in [-0.4, -0.2) is 24.0 Å². The van der Waals surface area contributed by atoms with Gasteiger partial charge in [0.15, 0.2) is 0 Å². The molecule has 0 saturated carbocycles. The molecule has 0 aliphatic carbocycles. The molecule has 1 aromatic carbocycles. The number of nitrogens with zero attached hydrogens (tertiary/aromatic N) is 1. The molecule has 2 aromatic rings. The van der Waals surface area contributed by atoms with Gasteiger partial charge in [-0.1, -0.05) is 30.3 Å². The van der Waals surface area contributed by atoms with E-state index in [2.05, 4.69) is 17.5 Å². The first-order valence-electron chi connectivity index (χ1n) is 7.35. The Labute approximate surface area is 128 Å². The minimum atomic E-state index is -0.144. The summed E-state index contributed by atoms with van der Waals surface area (Å²) in [7, 11) is 0. The highest BCUT2D eigenvalue weighted by Crippen LogP contribution is 2.23. The SMILES string of the molecule is NC(=O)C1CC[NH+](Cc2csc(-c3ccccc3)n2)CC1. The fourth-order valence-corrected chi connectivity index (χ4v) is 3.67. The minimum absolute atomic E-state index is 0.0732. The number of rotatable bonds is 4. The molecule has 1 saturated heterocycles. The number of piperidine rings is 1. The first-order valence-corrected chi connectivity index (χ1v) is 8.23. The Morgan fingerprint density at radius 3 is 2.67 bits per heavy atom. The van der Waals surface area contributed by atoms with Crippen LogP contribution in [0.4, 0.5) is 0 Å². The van der Waals surface area contributed by atoms with Gasteiger partial charge in [0.1, 0.15) is 17.2 Å². The monoisotopic (exact) mass is 302 g/mol. The van der Waals surface area contributed by atoms with Gasteiger partial charge in [-0.2, -0.15) is 0 Å². The standard InChI is InChI=1S/C16H19N3OS/c17-15(20)12-6-8-19(9-7-12)10-14-11-21-16(18-14)13-4-2-1-3-5-13/h1-5,11-12H,6-10H2,(H2,17,20)/p+1. The average molecular weight is 302 g/mol. The zero-order valence-corrected chi connectivity index (χ0v) is 12.7. The van der Waals surface area contributed by atoms with Gasteiger partial charge in [-0.05, 0) is 0 Å². The number of carbonyl (C=O) groups excluding carboxylic acids is 1. The lowest BCUT2D eigenvalue weighted by molar-refractivity contribution is -0.919. The number of aromatic nitrogens is 1. The Balaban J connectivity index is 1.60. The van der Waals surface area contributed by atoms with Gasteiger partial charge < -0.3 is 10.6 Å². The fourth-order valence-electron chi connectivity index (χ4n) is 2.84. The lowest BCUT2D eigenvalue weighted by atomic mass is 9.96. The molecule has 1 fully saturated rings. The molecule has 21 heavy (non-hydrogen) atoms. The molecule has 1 aliphatic rings. The Hall–Kier alpha value is -1.72. The number of likely N-dealkylation sites (tertiary alicyclic amines) is 1. The van der Waals surface area contributed by atoms with Gasteiger partial charge in [0.05, 0.1) is 13.1 Å². The summed E-state index contributed by atoms with van der Waals surface area (Å²) in [6.45, 7) is 2.95. The van der Waals surface area contributed by atoms with Crippen LogP contribution >= 0.6 is 11.3 Å². The van der Waals surface area contributed by atoms with Crippen molar-refractivity contribution in [3.05, 3.63) is 41.4 Å². The van der Waals surface area contributed by atoms with E-state index in [1.807, 2.05) is 18.2 Å². The van der Waals surface area contributed by atoms with E-state index in [0.29, 0.717) is 0 Å². The number of amides is 1. The highest BCUT2D eigenvalue weighted by atomic mass is 32.1. The average Bonchev–Trinajstić information content (AvgIpc) is 2.97. The maximum absolute atomic E-state index is 11.2. The van der Waals surface area contributed by atoms with Crippen molar-refractivity contribution in [2.45, 2.75) is 19.4 Å². The predicted molar refractivity (Wildman–Crippen MR) is 83.9 cm³/mol. The third kappa shape index (κ3) is 3.49. The molecular weight excluding hydrogens is 282 g/mol. The molecule has 2 heterocycles. The van der Waals surface area contributed by atoms with E-state index in [1.54, 1.807) is 11.3 Å². The zero-order chi connectivity index (χ0) is 14.7. The smallest absolute Gasteiger partial charge is 0.220 e. The van der Waals surface area contributed by atoms with Gasteiger partial charge in [0.2, 0.25) is 5.91 Å². The van der Waals surface area contributed by atoms with Crippen molar-refractivity contribution in [1.82, 2.24) is 4.98 Å². The molecule has 0 atom stereocenters. The predicted octanol–water partition coefficient (Wildman–Crippen LogP) is 1.09. The van der Waals surface area contributed by atoms with Crippen LogP contribution in [0.1, 0.15) is 18.5 Å². The molecule has 1 aliphatic heterocycles. The fraction of sp³-hybridized carbons (Fsp3) is 0.375. The number of quaternary nitrogens is 1. The maximum atomic E-state index is 11.2. The zero-order valence-electron chi connectivity index (χ0n) is 11.9. The third-order valence-electron chi connectivity index (χ3n) is 4.10. The van der Waals surface area contributed by atoms with Gasteiger partial charge in [0, 0.05) is 29.7 Å².